The molecular formula is C27H29N5O5S2. The van der Waals surface area contributed by atoms with Gasteiger partial charge in [0.2, 0.25) is 0 Å². The number of thiophene rings is 1. The molecule has 2 aromatic heterocycles. The Morgan fingerprint density at radius 3 is 2.56 bits per heavy atom. The number of piperidine rings is 1. The standard InChI is InChI=1S/C27H29N5O5S2/c33-25(29-17-19-9-13-31(14-10-19)27(35)21-4-1-11-28-18-21)26(34)30-22-8-7-20-5-2-12-32(23(20)16-22)39(36,37)24-6-3-15-38-24/h1,3-4,6-8,11,15-16,18-19H,2,5,9-10,12-14,17H2,(H,29,33)(H,30,34). The Morgan fingerprint density at radius 2 is 1.85 bits per heavy atom. The number of rotatable bonds is 6. The molecule has 0 atom stereocenters. The van der Waals surface area contributed by atoms with Crippen LogP contribution in [0.3, 0.4) is 0 Å². The lowest BCUT2D eigenvalue weighted by atomic mass is 9.96. The minimum atomic E-state index is -3.71. The molecule has 0 unspecified atom stereocenters. The third-order valence-corrected chi connectivity index (χ3v) is 10.2. The topological polar surface area (TPSA) is 129 Å². The van der Waals surface area contributed by atoms with Crippen LogP contribution in [0.5, 0.6) is 0 Å². The maximum atomic E-state index is 13.2. The predicted molar refractivity (Wildman–Crippen MR) is 148 cm³/mol. The fourth-order valence-electron chi connectivity index (χ4n) is 4.90. The van der Waals surface area contributed by atoms with E-state index in [9.17, 15) is 22.8 Å². The van der Waals surface area contributed by atoms with E-state index in [4.69, 9.17) is 0 Å². The molecule has 1 aromatic carbocycles. The fraction of sp³-hybridized carbons (Fsp3) is 0.333. The van der Waals surface area contributed by atoms with E-state index < -0.39 is 21.8 Å². The number of pyridine rings is 1. The van der Waals surface area contributed by atoms with Crippen molar-refractivity contribution in [3.63, 3.8) is 0 Å². The highest BCUT2D eigenvalue weighted by atomic mass is 32.2. The van der Waals surface area contributed by atoms with E-state index in [1.165, 1.54) is 4.31 Å². The molecule has 5 rings (SSSR count). The Kier molecular flexibility index (Phi) is 7.94. The number of hydrogen-bond donors (Lipinski definition) is 2. The summed E-state index contributed by atoms with van der Waals surface area (Å²) in [6, 6.07) is 11.8. The second-order valence-electron chi connectivity index (χ2n) is 9.60. The number of benzene rings is 1. The van der Waals surface area contributed by atoms with Gasteiger partial charge in [0.1, 0.15) is 4.21 Å². The molecule has 2 aliphatic heterocycles. The van der Waals surface area contributed by atoms with Crippen LogP contribution in [0.4, 0.5) is 11.4 Å². The van der Waals surface area contributed by atoms with Crippen molar-refractivity contribution in [3.05, 3.63) is 71.4 Å². The molecule has 0 saturated carbocycles. The lowest BCUT2D eigenvalue weighted by Gasteiger charge is -2.32. The van der Waals surface area contributed by atoms with Gasteiger partial charge in [0, 0.05) is 44.3 Å². The van der Waals surface area contributed by atoms with Gasteiger partial charge < -0.3 is 15.5 Å². The highest BCUT2D eigenvalue weighted by Crippen LogP contribution is 2.35. The van der Waals surface area contributed by atoms with Gasteiger partial charge in [0.05, 0.1) is 11.3 Å². The maximum absolute atomic E-state index is 13.2. The highest BCUT2D eigenvalue weighted by molar-refractivity contribution is 7.94. The summed E-state index contributed by atoms with van der Waals surface area (Å²) in [7, 11) is -3.71. The molecule has 3 amide bonds. The van der Waals surface area contributed by atoms with E-state index in [1.54, 1.807) is 65.1 Å². The Bertz CT molecular complexity index is 1450. The van der Waals surface area contributed by atoms with Crippen molar-refractivity contribution in [2.45, 2.75) is 29.9 Å². The van der Waals surface area contributed by atoms with Crippen LogP contribution < -0.4 is 14.9 Å². The van der Waals surface area contributed by atoms with Gasteiger partial charge in [0.25, 0.3) is 15.9 Å². The van der Waals surface area contributed by atoms with Gasteiger partial charge >= 0.3 is 11.8 Å². The van der Waals surface area contributed by atoms with Crippen LogP contribution in [-0.4, -0.2) is 62.2 Å². The first kappa shape index (κ1) is 26.8. The molecule has 2 N–H and O–H groups in total. The van der Waals surface area contributed by atoms with Crippen LogP contribution in [-0.2, 0) is 26.0 Å². The largest absolute Gasteiger partial charge is 0.348 e. The summed E-state index contributed by atoms with van der Waals surface area (Å²) in [5.74, 6) is -1.48. The van der Waals surface area contributed by atoms with Crippen molar-refractivity contribution in [2.24, 2.45) is 5.92 Å². The Morgan fingerprint density at radius 1 is 1.03 bits per heavy atom. The van der Waals surface area contributed by atoms with Gasteiger partial charge in [-0.3, -0.25) is 23.7 Å². The van der Waals surface area contributed by atoms with Crippen LogP contribution in [0.1, 0.15) is 35.2 Å². The summed E-state index contributed by atoms with van der Waals surface area (Å²) >= 11 is 1.16. The highest BCUT2D eigenvalue weighted by Gasteiger charge is 2.30. The number of aromatic nitrogens is 1. The van der Waals surface area contributed by atoms with Crippen molar-refractivity contribution in [1.82, 2.24) is 15.2 Å². The third-order valence-electron chi connectivity index (χ3n) is 7.03. The zero-order chi connectivity index (χ0) is 27.4. The van der Waals surface area contributed by atoms with E-state index in [0.717, 1.165) is 23.3 Å². The van der Waals surface area contributed by atoms with Gasteiger partial charge in [-0.2, -0.15) is 0 Å². The van der Waals surface area contributed by atoms with Gasteiger partial charge in [-0.05, 0) is 72.9 Å². The van der Waals surface area contributed by atoms with Gasteiger partial charge in [-0.1, -0.05) is 12.1 Å². The minimum Gasteiger partial charge on any atom is -0.348 e. The summed E-state index contributed by atoms with van der Waals surface area (Å²) < 4.78 is 28.0. The summed E-state index contributed by atoms with van der Waals surface area (Å²) in [6.07, 6.45) is 6.03. The van der Waals surface area contributed by atoms with Crippen molar-refractivity contribution in [3.8, 4) is 0 Å². The lowest BCUT2D eigenvalue weighted by Crippen LogP contribution is -2.43. The van der Waals surface area contributed by atoms with Gasteiger partial charge in [0.15, 0.2) is 0 Å². The number of carbonyl (C=O) groups is 3. The number of nitrogens with one attached hydrogen (secondary N) is 2. The second kappa shape index (κ2) is 11.5. The number of nitrogens with zero attached hydrogens (tertiary/aromatic N) is 3. The van der Waals surface area contributed by atoms with E-state index in [0.29, 0.717) is 62.4 Å². The zero-order valence-electron chi connectivity index (χ0n) is 21.2. The normalized spacial score (nSPS) is 15.9. The Labute approximate surface area is 231 Å². The first-order chi connectivity index (χ1) is 18.8. The van der Waals surface area contributed by atoms with Crippen molar-refractivity contribution >= 4 is 50.5 Å². The van der Waals surface area contributed by atoms with E-state index in [1.807, 2.05) is 0 Å². The number of aryl methyl sites for hydroxylation is 1. The monoisotopic (exact) mass is 567 g/mol. The molecule has 12 heteroatoms. The molecule has 39 heavy (non-hydrogen) atoms. The summed E-state index contributed by atoms with van der Waals surface area (Å²) in [5.41, 5.74) is 2.29. The van der Waals surface area contributed by atoms with Crippen LogP contribution in [0.15, 0.2) is 64.4 Å². The SMILES string of the molecule is O=C(NCC1CCN(C(=O)c2cccnc2)CC1)C(=O)Nc1ccc2c(c1)N(S(=O)(=O)c1cccs1)CCC2. The minimum absolute atomic E-state index is 0.0585. The van der Waals surface area contributed by atoms with Crippen molar-refractivity contribution in [1.29, 1.82) is 0 Å². The number of sulfonamides is 1. The molecule has 4 heterocycles. The maximum Gasteiger partial charge on any atom is 0.313 e. The zero-order valence-corrected chi connectivity index (χ0v) is 22.8. The van der Waals surface area contributed by atoms with Crippen molar-refractivity contribution < 1.29 is 22.8 Å². The number of amides is 3. The lowest BCUT2D eigenvalue weighted by molar-refractivity contribution is -0.136. The first-order valence-electron chi connectivity index (χ1n) is 12.8. The molecule has 0 radical (unpaired) electrons. The second-order valence-corrected chi connectivity index (χ2v) is 12.6. The van der Waals surface area contributed by atoms with Crippen LogP contribution in [0.25, 0.3) is 0 Å². The molecule has 204 valence electrons. The van der Waals surface area contributed by atoms with Gasteiger partial charge in [-0.15, -0.1) is 11.3 Å². The average Bonchev–Trinajstić information content (AvgIpc) is 3.52. The molecular weight excluding hydrogens is 538 g/mol. The van der Waals surface area contributed by atoms with Crippen LogP contribution in [0.2, 0.25) is 0 Å². The third kappa shape index (κ3) is 5.96. The molecule has 2 aliphatic rings. The van der Waals surface area contributed by atoms with E-state index in [2.05, 4.69) is 15.6 Å². The molecule has 10 nitrogen and oxygen atoms in total. The Hall–Kier alpha value is -3.77. The number of fused-ring (bicyclic) bond motifs is 1. The summed E-state index contributed by atoms with van der Waals surface area (Å²) in [4.78, 5) is 43.5. The van der Waals surface area contributed by atoms with Gasteiger partial charge in [-0.25, -0.2) is 8.42 Å². The van der Waals surface area contributed by atoms with E-state index >= 15 is 0 Å². The summed E-state index contributed by atoms with van der Waals surface area (Å²) in [6.45, 7) is 1.82. The molecule has 0 aliphatic carbocycles. The number of likely N-dealkylation sites (tertiary alicyclic amines) is 1. The quantitative estimate of drug-likeness (QED) is 0.441. The van der Waals surface area contributed by atoms with Crippen molar-refractivity contribution in [2.75, 3.05) is 35.8 Å². The molecule has 1 saturated heterocycles. The smallest absolute Gasteiger partial charge is 0.313 e. The first-order valence-corrected chi connectivity index (χ1v) is 15.1. The predicted octanol–water partition coefficient (Wildman–Crippen LogP) is 2.89. The average molecular weight is 568 g/mol. The molecule has 0 bridgehead atoms. The fourth-order valence-corrected chi connectivity index (χ4v) is 7.54. The molecule has 0 spiro atoms. The van der Waals surface area contributed by atoms with Crippen LogP contribution in [0, 0.1) is 5.92 Å². The molecule has 3 aromatic rings. The van der Waals surface area contributed by atoms with E-state index in [-0.39, 0.29) is 16.0 Å². The van der Waals surface area contributed by atoms with Crippen LogP contribution >= 0.6 is 11.3 Å². The summed E-state index contributed by atoms with van der Waals surface area (Å²) in [5, 5.41) is 7.01. The number of hydrogen-bond acceptors (Lipinski definition) is 7. The number of anilines is 2. The Balaban J connectivity index is 1.15. The molecule has 1 fully saturated rings. The number of carbonyl (C=O) groups excluding carboxylic acids is 3.